The molecule has 1 amide bonds. The zero-order valence-corrected chi connectivity index (χ0v) is 14.5. The van der Waals surface area contributed by atoms with Crippen LogP contribution >= 0.6 is 23.7 Å². The summed E-state index contributed by atoms with van der Waals surface area (Å²) in [6, 6.07) is 8.04. The van der Waals surface area contributed by atoms with Crippen LogP contribution in [0, 0.1) is 0 Å². The minimum atomic E-state index is -0.301. The number of morpholine rings is 1. The standard InChI is InChI=1S/C16H19N3O2S.ClH/c1-2-11-3-5-12(6-4-11)14-10-22-16(18-14)19-15(20)13-9-21-8-7-17-13;/h3-6,10,13,17H,2,7-9H2,1H3,(H,18,19,20);1H. The Balaban J connectivity index is 0.00000192. The first-order chi connectivity index (χ1) is 10.8. The van der Waals surface area contributed by atoms with Crippen LogP contribution < -0.4 is 10.6 Å². The second kappa shape index (κ2) is 8.40. The van der Waals surface area contributed by atoms with E-state index in [4.69, 9.17) is 4.74 Å². The molecule has 2 heterocycles. The van der Waals surface area contributed by atoms with E-state index in [-0.39, 0.29) is 24.4 Å². The van der Waals surface area contributed by atoms with E-state index in [1.54, 1.807) is 0 Å². The summed E-state index contributed by atoms with van der Waals surface area (Å²) in [5, 5.41) is 8.56. The summed E-state index contributed by atoms with van der Waals surface area (Å²) < 4.78 is 5.30. The Morgan fingerprint density at radius 1 is 1.43 bits per heavy atom. The fourth-order valence-corrected chi connectivity index (χ4v) is 3.02. The SMILES string of the molecule is CCc1ccc(-c2csc(NC(=O)C3COCCN3)n2)cc1.Cl. The lowest BCUT2D eigenvalue weighted by Gasteiger charge is -2.22. The Bertz CT molecular complexity index is 639. The Hall–Kier alpha value is -1.47. The van der Waals surface area contributed by atoms with Crippen molar-refractivity contribution < 1.29 is 9.53 Å². The number of ether oxygens (including phenoxy) is 1. The number of carbonyl (C=O) groups excluding carboxylic acids is 1. The molecule has 0 bridgehead atoms. The van der Waals surface area contributed by atoms with Gasteiger partial charge in [-0.25, -0.2) is 4.98 Å². The molecule has 7 heteroatoms. The molecule has 1 aromatic heterocycles. The molecule has 1 aromatic carbocycles. The second-order valence-corrected chi connectivity index (χ2v) is 6.02. The number of amides is 1. The van der Waals surface area contributed by atoms with Gasteiger partial charge in [-0.05, 0) is 12.0 Å². The van der Waals surface area contributed by atoms with Crippen molar-refractivity contribution in [3.05, 3.63) is 35.2 Å². The van der Waals surface area contributed by atoms with Gasteiger partial charge in [0.25, 0.3) is 0 Å². The molecule has 0 aliphatic carbocycles. The van der Waals surface area contributed by atoms with Crippen LogP contribution in [0.3, 0.4) is 0 Å². The number of hydrogen-bond donors (Lipinski definition) is 2. The smallest absolute Gasteiger partial charge is 0.245 e. The summed E-state index contributed by atoms with van der Waals surface area (Å²) in [7, 11) is 0. The maximum Gasteiger partial charge on any atom is 0.245 e. The second-order valence-electron chi connectivity index (χ2n) is 5.16. The molecule has 1 unspecified atom stereocenters. The molecule has 2 N–H and O–H groups in total. The van der Waals surface area contributed by atoms with Crippen molar-refractivity contribution >= 4 is 34.8 Å². The first-order valence-corrected chi connectivity index (χ1v) is 8.31. The van der Waals surface area contributed by atoms with Crippen LogP contribution in [0.5, 0.6) is 0 Å². The lowest BCUT2D eigenvalue weighted by Crippen LogP contribution is -2.48. The van der Waals surface area contributed by atoms with Crippen molar-refractivity contribution in [3.8, 4) is 11.3 Å². The van der Waals surface area contributed by atoms with Gasteiger partial charge in [-0.3, -0.25) is 4.79 Å². The van der Waals surface area contributed by atoms with Crippen LogP contribution in [-0.4, -0.2) is 36.7 Å². The number of thiazole rings is 1. The molecule has 3 rings (SSSR count). The van der Waals surface area contributed by atoms with E-state index in [0.717, 1.165) is 17.7 Å². The number of carbonyl (C=O) groups is 1. The normalized spacial score (nSPS) is 17.3. The fourth-order valence-electron chi connectivity index (χ4n) is 2.30. The summed E-state index contributed by atoms with van der Waals surface area (Å²) in [4.78, 5) is 16.6. The monoisotopic (exact) mass is 353 g/mol. The van der Waals surface area contributed by atoms with E-state index < -0.39 is 0 Å². The van der Waals surface area contributed by atoms with Crippen molar-refractivity contribution in [2.45, 2.75) is 19.4 Å². The number of benzene rings is 1. The van der Waals surface area contributed by atoms with Gasteiger partial charge in [0.15, 0.2) is 5.13 Å². The van der Waals surface area contributed by atoms with Gasteiger partial charge in [-0.15, -0.1) is 23.7 Å². The van der Waals surface area contributed by atoms with Gasteiger partial charge < -0.3 is 15.4 Å². The van der Waals surface area contributed by atoms with E-state index in [1.807, 2.05) is 5.38 Å². The lowest BCUT2D eigenvalue weighted by molar-refractivity contribution is -0.120. The third-order valence-corrected chi connectivity index (χ3v) is 4.39. The van der Waals surface area contributed by atoms with Crippen molar-refractivity contribution in [1.29, 1.82) is 0 Å². The van der Waals surface area contributed by atoms with E-state index in [2.05, 4.69) is 46.8 Å². The maximum atomic E-state index is 12.1. The van der Waals surface area contributed by atoms with E-state index in [9.17, 15) is 4.79 Å². The third kappa shape index (κ3) is 4.51. The minimum Gasteiger partial charge on any atom is -0.378 e. The van der Waals surface area contributed by atoms with Crippen LogP contribution in [-0.2, 0) is 16.0 Å². The van der Waals surface area contributed by atoms with Gasteiger partial charge in [0.1, 0.15) is 6.04 Å². The fraction of sp³-hybridized carbons (Fsp3) is 0.375. The number of anilines is 1. The zero-order chi connectivity index (χ0) is 15.4. The van der Waals surface area contributed by atoms with Crippen molar-refractivity contribution in [2.75, 3.05) is 25.1 Å². The molecular formula is C16H20ClN3O2S. The predicted octanol–water partition coefficient (Wildman–Crippen LogP) is 2.72. The number of nitrogens with one attached hydrogen (secondary N) is 2. The molecule has 0 spiro atoms. The van der Waals surface area contributed by atoms with Gasteiger partial charge in [0.05, 0.1) is 18.9 Å². The highest BCUT2D eigenvalue weighted by atomic mass is 35.5. The molecule has 124 valence electrons. The van der Waals surface area contributed by atoms with Gasteiger partial charge in [-0.1, -0.05) is 31.2 Å². The number of hydrogen-bond acceptors (Lipinski definition) is 5. The molecule has 23 heavy (non-hydrogen) atoms. The molecule has 1 saturated heterocycles. The van der Waals surface area contributed by atoms with Crippen LogP contribution in [0.25, 0.3) is 11.3 Å². The minimum absolute atomic E-state index is 0. The van der Waals surface area contributed by atoms with Crippen LogP contribution in [0.1, 0.15) is 12.5 Å². The van der Waals surface area contributed by atoms with Gasteiger partial charge in [0, 0.05) is 17.5 Å². The third-order valence-electron chi connectivity index (χ3n) is 3.63. The first-order valence-electron chi connectivity index (χ1n) is 7.43. The predicted molar refractivity (Wildman–Crippen MR) is 95.4 cm³/mol. The summed E-state index contributed by atoms with van der Waals surface area (Å²) in [5.74, 6) is -0.0954. The maximum absolute atomic E-state index is 12.1. The zero-order valence-electron chi connectivity index (χ0n) is 12.9. The summed E-state index contributed by atoms with van der Waals surface area (Å²) in [6.07, 6.45) is 1.02. The molecule has 1 aliphatic rings. The van der Waals surface area contributed by atoms with Crippen molar-refractivity contribution in [3.63, 3.8) is 0 Å². The van der Waals surface area contributed by atoms with Crippen LogP contribution in [0.4, 0.5) is 5.13 Å². The molecule has 0 radical (unpaired) electrons. The van der Waals surface area contributed by atoms with Crippen LogP contribution in [0.2, 0.25) is 0 Å². The van der Waals surface area contributed by atoms with Gasteiger partial charge >= 0.3 is 0 Å². The molecular weight excluding hydrogens is 334 g/mol. The van der Waals surface area contributed by atoms with E-state index in [0.29, 0.717) is 24.9 Å². The highest BCUT2D eigenvalue weighted by molar-refractivity contribution is 7.14. The molecule has 0 saturated carbocycles. The number of aryl methyl sites for hydroxylation is 1. The van der Waals surface area contributed by atoms with Crippen molar-refractivity contribution in [1.82, 2.24) is 10.3 Å². The topological polar surface area (TPSA) is 63.2 Å². The molecule has 1 aliphatic heterocycles. The Kier molecular flexibility index (Phi) is 6.53. The van der Waals surface area contributed by atoms with E-state index >= 15 is 0 Å². The molecule has 2 aromatic rings. The Labute approximate surface area is 145 Å². The van der Waals surface area contributed by atoms with E-state index in [1.165, 1.54) is 16.9 Å². The number of nitrogens with zero attached hydrogens (tertiary/aromatic N) is 1. The first kappa shape index (κ1) is 17.9. The highest BCUT2D eigenvalue weighted by Crippen LogP contribution is 2.25. The highest BCUT2D eigenvalue weighted by Gasteiger charge is 2.22. The van der Waals surface area contributed by atoms with Crippen molar-refractivity contribution in [2.24, 2.45) is 0 Å². The number of aromatic nitrogens is 1. The molecule has 1 fully saturated rings. The van der Waals surface area contributed by atoms with Crippen LogP contribution in [0.15, 0.2) is 29.6 Å². The largest absolute Gasteiger partial charge is 0.378 e. The summed E-state index contributed by atoms with van der Waals surface area (Å²) in [5.41, 5.74) is 3.25. The number of rotatable bonds is 4. The molecule has 5 nitrogen and oxygen atoms in total. The average molecular weight is 354 g/mol. The van der Waals surface area contributed by atoms with Gasteiger partial charge in [-0.2, -0.15) is 0 Å². The summed E-state index contributed by atoms with van der Waals surface area (Å²) in [6.45, 7) is 3.89. The molecule has 1 atom stereocenters. The Morgan fingerprint density at radius 2 is 2.22 bits per heavy atom. The quantitative estimate of drug-likeness (QED) is 0.887. The average Bonchev–Trinajstić information content (AvgIpc) is 3.04. The Morgan fingerprint density at radius 3 is 2.87 bits per heavy atom. The summed E-state index contributed by atoms with van der Waals surface area (Å²) >= 11 is 1.44. The van der Waals surface area contributed by atoms with Gasteiger partial charge in [0.2, 0.25) is 5.91 Å². The lowest BCUT2D eigenvalue weighted by atomic mass is 10.1. The number of halogens is 1.